The zero-order valence-electron chi connectivity index (χ0n) is 11.7. The number of benzene rings is 1. The van der Waals surface area contributed by atoms with Crippen molar-refractivity contribution in [3.63, 3.8) is 0 Å². The van der Waals surface area contributed by atoms with E-state index >= 15 is 0 Å². The van der Waals surface area contributed by atoms with Crippen molar-refractivity contribution < 1.29 is 4.74 Å². The molecule has 1 atom stereocenters. The maximum absolute atomic E-state index is 5.99. The molecular formula is C15H25NO. The number of hydrogen-bond acceptors (Lipinski definition) is 2. The third-order valence-electron chi connectivity index (χ3n) is 2.68. The summed E-state index contributed by atoms with van der Waals surface area (Å²) in [5.41, 5.74) is 1.28. The molecule has 0 radical (unpaired) electrons. The molecule has 0 aromatic heterocycles. The summed E-state index contributed by atoms with van der Waals surface area (Å²) in [4.78, 5) is 0. The van der Waals surface area contributed by atoms with Crippen molar-refractivity contribution in [1.29, 1.82) is 0 Å². The summed E-state index contributed by atoms with van der Waals surface area (Å²) in [5, 5.41) is 3.39. The molecule has 2 nitrogen and oxygen atoms in total. The van der Waals surface area contributed by atoms with Gasteiger partial charge < -0.3 is 10.1 Å². The summed E-state index contributed by atoms with van der Waals surface area (Å²) in [6.45, 7) is 11.7. The van der Waals surface area contributed by atoms with Crippen LogP contribution in [0.3, 0.4) is 0 Å². The highest BCUT2D eigenvalue weighted by Crippen LogP contribution is 2.26. The summed E-state index contributed by atoms with van der Waals surface area (Å²) < 4.78 is 5.99. The molecule has 0 heterocycles. The van der Waals surface area contributed by atoms with Crippen molar-refractivity contribution in [3.05, 3.63) is 29.8 Å². The van der Waals surface area contributed by atoms with E-state index in [1.807, 2.05) is 6.07 Å². The monoisotopic (exact) mass is 235 g/mol. The van der Waals surface area contributed by atoms with Gasteiger partial charge in [0.15, 0.2) is 0 Å². The third kappa shape index (κ3) is 4.78. The molecule has 1 aromatic rings. The molecule has 1 rings (SSSR count). The van der Waals surface area contributed by atoms with Crippen LogP contribution in [0, 0.1) is 0 Å². The van der Waals surface area contributed by atoms with Crippen LogP contribution in [0.2, 0.25) is 0 Å². The third-order valence-corrected chi connectivity index (χ3v) is 2.68. The summed E-state index contributed by atoms with van der Waals surface area (Å²) in [6.07, 6.45) is 0.192. The molecule has 1 unspecified atom stereocenters. The first kappa shape index (κ1) is 14.0. The van der Waals surface area contributed by atoms with Gasteiger partial charge in [-0.2, -0.15) is 0 Å². The van der Waals surface area contributed by atoms with Crippen molar-refractivity contribution in [2.45, 2.75) is 52.7 Å². The van der Waals surface area contributed by atoms with Gasteiger partial charge in [0.2, 0.25) is 0 Å². The Morgan fingerprint density at radius 1 is 1.06 bits per heavy atom. The Labute approximate surface area is 105 Å². The second-order valence-corrected chi connectivity index (χ2v) is 5.18. The minimum Gasteiger partial charge on any atom is -0.489 e. The van der Waals surface area contributed by atoms with Gasteiger partial charge in [0.25, 0.3) is 0 Å². The average molecular weight is 235 g/mol. The van der Waals surface area contributed by atoms with Crippen LogP contribution in [0.4, 0.5) is 0 Å². The van der Waals surface area contributed by atoms with Crippen LogP contribution in [-0.2, 0) is 0 Å². The number of nitrogens with one attached hydrogen (secondary N) is 1. The predicted molar refractivity (Wildman–Crippen MR) is 73.8 cm³/mol. The minimum atomic E-state index is 0.192. The highest BCUT2D eigenvalue weighted by atomic mass is 16.5. The van der Waals surface area contributed by atoms with E-state index < -0.39 is 0 Å². The SMILES string of the molecule is CC(C)NCC(C)Oc1ccccc1C(C)C. The van der Waals surface area contributed by atoms with E-state index in [9.17, 15) is 0 Å². The molecule has 1 aromatic carbocycles. The highest BCUT2D eigenvalue weighted by Gasteiger charge is 2.10. The van der Waals surface area contributed by atoms with Gasteiger partial charge in [-0.05, 0) is 24.5 Å². The topological polar surface area (TPSA) is 21.3 Å². The van der Waals surface area contributed by atoms with Crippen molar-refractivity contribution >= 4 is 0 Å². The van der Waals surface area contributed by atoms with Gasteiger partial charge in [-0.25, -0.2) is 0 Å². The Morgan fingerprint density at radius 2 is 1.71 bits per heavy atom. The number of para-hydroxylation sites is 1. The van der Waals surface area contributed by atoms with E-state index in [1.54, 1.807) is 0 Å². The standard InChI is InChI=1S/C15H25NO/c1-11(2)14-8-6-7-9-15(14)17-13(5)10-16-12(3)4/h6-9,11-13,16H,10H2,1-5H3. The lowest BCUT2D eigenvalue weighted by Gasteiger charge is -2.20. The first-order chi connectivity index (χ1) is 8.00. The summed E-state index contributed by atoms with van der Waals surface area (Å²) in [6, 6.07) is 8.80. The lowest BCUT2D eigenvalue weighted by molar-refractivity contribution is 0.211. The zero-order chi connectivity index (χ0) is 12.8. The van der Waals surface area contributed by atoms with E-state index in [2.05, 4.69) is 58.1 Å². The molecule has 96 valence electrons. The normalized spacial score (nSPS) is 13.1. The van der Waals surface area contributed by atoms with Gasteiger partial charge in [-0.1, -0.05) is 45.9 Å². The molecule has 0 fully saturated rings. The van der Waals surface area contributed by atoms with E-state index in [-0.39, 0.29) is 6.10 Å². The molecule has 0 amide bonds. The fourth-order valence-corrected chi connectivity index (χ4v) is 1.72. The van der Waals surface area contributed by atoms with Gasteiger partial charge in [-0.3, -0.25) is 0 Å². The zero-order valence-corrected chi connectivity index (χ0v) is 11.7. The largest absolute Gasteiger partial charge is 0.489 e. The molecule has 0 saturated carbocycles. The number of rotatable bonds is 6. The average Bonchev–Trinajstić information content (AvgIpc) is 2.27. The smallest absolute Gasteiger partial charge is 0.123 e. The number of hydrogen-bond donors (Lipinski definition) is 1. The molecule has 17 heavy (non-hydrogen) atoms. The van der Waals surface area contributed by atoms with Crippen molar-refractivity contribution in [3.8, 4) is 5.75 Å². The lowest BCUT2D eigenvalue weighted by Crippen LogP contribution is -2.33. The maximum atomic E-state index is 5.99. The van der Waals surface area contributed by atoms with Gasteiger partial charge in [0.1, 0.15) is 11.9 Å². The van der Waals surface area contributed by atoms with E-state index in [0.717, 1.165) is 12.3 Å². The van der Waals surface area contributed by atoms with Crippen LogP contribution in [0.15, 0.2) is 24.3 Å². The van der Waals surface area contributed by atoms with Crippen LogP contribution < -0.4 is 10.1 Å². The summed E-state index contributed by atoms with van der Waals surface area (Å²) >= 11 is 0. The first-order valence-electron chi connectivity index (χ1n) is 6.49. The molecule has 0 bridgehead atoms. The number of ether oxygens (including phenoxy) is 1. The molecule has 1 N–H and O–H groups in total. The molecule has 0 spiro atoms. The molecular weight excluding hydrogens is 210 g/mol. The highest BCUT2D eigenvalue weighted by molar-refractivity contribution is 5.35. The van der Waals surface area contributed by atoms with E-state index in [1.165, 1.54) is 5.56 Å². The fraction of sp³-hybridized carbons (Fsp3) is 0.600. The second-order valence-electron chi connectivity index (χ2n) is 5.18. The molecule has 2 heteroatoms. The first-order valence-corrected chi connectivity index (χ1v) is 6.49. The van der Waals surface area contributed by atoms with Gasteiger partial charge in [0.05, 0.1) is 0 Å². The van der Waals surface area contributed by atoms with Gasteiger partial charge >= 0.3 is 0 Å². The Morgan fingerprint density at radius 3 is 2.29 bits per heavy atom. The van der Waals surface area contributed by atoms with Crippen LogP contribution in [0.25, 0.3) is 0 Å². The second kappa shape index (κ2) is 6.65. The lowest BCUT2D eigenvalue weighted by atomic mass is 10.0. The summed E-state index contributed by atoms with van der Waals surface area (Å²) in [7, 11) is 0. The molecule has 0 aliphatic heterocycles. The van der Waals surface area contributed by atoms with Crippen molar-refractivity contribution in [1.82, 2.24) is 5.32 Å². The van der Waals surface area contributed by atoms with Crippen LogP contribution in [0.1, 0.15) is 46.1 Å². The van der Waals surface area contributed by atoms with Gasteiger partial charge in [-0.15, -0.1) is 0 Å². The van der Waals surface area contributed by atoms with Crippen LogP contribution in [-0.4, -0.2) is 18.7 Å². The van der Waals surface area contributed by atoms with E-state index in [0.29, 0.717) is 12.0 Å². The van der Waals surface area contributed by atoms with Gasteiger partial charge in [0, 0.05) is 12.6 Å². The Bertz CT molecular complexity index is 333. The van der Waals surface area contributed by atoms with Crippen molar-refractivity contribution in [2.24, 2.45) is 0 Å². The maximum Gasteiger partial charge on any atom is 0.123 e. The fourth-order valence-electron chi connectivity index (χ4n) is 1.72. The van der Waals surface area contributed by atoms with Crippen LogP contribution in [0.5, 0.6) is 5.75 Å². The Balaban J connectivity index is 2.61. The summed E-state index contributed by atoms with van der Waals surface area (Å²) in [5.74, 6) is 1.51. The van der Waals surface area contributed by atoms with E-state index in [4.69, 9.17) is 4.74 Å². The van der Waals surface area contributed by atoms with Crippen molar-refractivity contribution in [2.75, 3.05) is 6.54 Å². The molecule has 0 aliphatic carbocycles. The quantitative estimate of drug-likeness (QED) is 0.814. The van der Waals surface area contributed by atoms with Crippen LogP contribution >= 0.6 is 0 Å². The molecule has 0 saturated heterocycles. The minimum absolute atomic E-state index is 0.192. The Hall–Kier alpha value is -1.02. The Kier molecular flexibility index (Phi) is 5.49. The predicted octanol–water partition coefficient (Wildman–Crippen LogP) is 3.58. The molecule has 0 aliphatic rings.